The van der Waals surface area contributed by atoms with Crippen LogP contribution < -0.4 is 5.32 Å². The zero-order valence-electron chi connectivity index (χ0n) is 11.1. The Morgan fingerprint density at radius 3 is 2.83 bits per heavy atom. The highest BCUT2D eigenvalue weighted by molar-refractivity contribution is 7.16. The molecule has 0 saturated carbocycles. The van der Waals surface area contributed by atoms with Gasteiger partial charge in [-0.1, -0.05) is 32.1 Å². The number of fused-ring (bicyclic) bond motifs is 1. The monoisotopic (exact) mass is 265 g/mol. The van der Waals surface area contributed by atoms with Gasteiger partial charge in [0.05, 0.1) is 0 Å². The fourth-order valence-electron chi connectivity index (χ4n) is 2.33. The summed E-state index contributed by atoms with van der Waals surface area (Å²) in [7, 11) is 0. The molecule has 0 amide bonds. The molecule has 3 rings (SSSR count). The second-order valence-electron chi connectivity index (χ2n) is 5.95. The fraction of sp³-hybridized carbons (Fsp3) is 0.750. The molecule has 0 spiro atoms. The molecular weight excluding hydrogens is 246 g/mol. The van der Waals surface area contributed by atoms with E-state index in [4.69, 9.17) is 5.10 Å². The predicted octanol–water partition coefficient (Wildman–Crippen LogP) is 1.95. The van der Waals surface area contributed by atoms with E-state index in [0.717, 1.165) is 23.9 Å². The lowest BCUT2D eigenvalue weighted by Crippen LogP contribution is -2.28. The van der Waals surface area contributed by atoms with Crippen LogP contribution in [0.2, 0.25) is 0 Å². The van der Waals surface area contributed by atoms with Crippen molar-refractivity contribution in [3.8, 4) is 0 Å². The van der Waals surface area contributed by atoms with Crippen LogP contribution >= 0.6 is 11.3 Å². The first-order valence-electron chi connectivity index (χ1n) is 6.49. The van der Waals surface area contributed by atoms with E-state index in [1.165, 1.54) is 17.8 Å². The Kier molecular flexibility index (Phi) is 2.86. The van der Waals surface area contributed by atoms with Gasteiger partial charge < -0.3 is 5.32 Å². The number of aromatic nitrogens is 4. The van der Waals surface area contributed by atoms with Crippen molar-refractivity contribution in [3.63, 3.8) is 0 Å². The Bertz CT molecular complexity index is 544. The maximum absolute atomic E-state index is 4.73. The van der Waals surface area contributed by atoms with Crippen LogP contribution in [-0.2, 0) is 5.41 Å². The number of nitrogens with zero attached hydrogens (tertiary/aromatic N) is 4. The van der Waals surface area contributed by atoms with Crippen molar-refractivity contribution < 1.29 is 0 Å². The normalized spacial score (nSPS) is 21.6. The summed E-state index contributed by atoms with van der Waals surface area (Å²) in [5, 5.41) is 17.9. The molecule has 1 aliphatic rings. The van der Waals surface area contributed by atoms with Crippen molar-refractivity contribution in [1.29, 1.82) is 0 Å². The summed E-state index contributed by atoms with van der Waals surface area (Å²) in [5.41, 5.74) is -0.0183. The Morgan fingerprint density at radius 1 is 1.33 bits per heavy atom. The Hall–Kier alpha value is -1.01. The van der Waals surface area contributed by atoms with Crippen LogP contribution in [0, 0.1) is 0 Å². The molecule has 1 N–H and O–H groups in total. The minimum atomic E-state index is -0.0183. The lowest BCUT2D eigenvalue weighted by Gasteiger charge is -2.20. The van der Waals surface area contributed by atoms with Gasteiger partial charge in [0.25, 0.3) is 0 Å². The summed E-state index contributed by atoms with van der Waals surface area (Å²) in [5.74, 6) is 1.49. The fourth-order valence-corrected chi connectivity index (χ4v) is 3.30. The second-order valence-corrected chi connectivity index (χ2v) is 6.94. The van der Waals surface area contributed by atoms with Crippen LogP contribution in [0.1, 0.15) is 50.4 Å². The molecule has 1 atom stereocenters. The van der Waals surface area contributed by atoms with E-state index in [2.05, 4.69) is 36.3 Å². The summed E-state index contributed by atoms with van der Waals surface area (Å²) >= 11 is 1.68. The van der Waals surface area contributed by atoms with Gasteiger partial charge in [-0.3, -0.25) is 0 Å². The van der Waals surface area contributed by atoms with E-state index in [9.17, 15) is 0 Å². The lowest BCUT2D eigenvalue weighted by molar-refractivity contribution is 0.454. The quantitative estimate of drug-likeness (QED) is 0.856. The molecule has 1 aliphatic heterocycles. The Morgan fingerprint density at radius 2 is 2.17 bits per heavy atom. The van der Waals surface area contributed by atoms with Crippen molar-refractivity contribution in [2.24, 2.45) is 0 Å². The molecule has 6 heteroatoms. The van der Waals surface area contributed by atoms with Crippen LogP contribution in [-0.4, -0.2) is 32.9 Å². The number of piperidine rings is 1. The van der Waals surface area contributed by atoms with Gasteiger partial charge in [-0.2, -0.15) is 9.61 Å². The summed E-state index contributed by atoms with van der Waals surface area (Å²) < 4.78 is 1.93. The van der Waals surface area contributed by atoms with Gasteiger partial charge in [-0.15, -0.1) is 10.2 Å². The molecule has 0 aliphatic carbocycles. The summed E-state index contributed by atoms with van der Waals surface area (Å²) in [6, 6.07) is 0. The van der Waals surface area contributed by atoms with Gasteiger partial charge >= 0.3 is 0 Å². The van der Waals surface area contributed by atoms with Gasteiger partial charge in [-0.25, -0.2) is 0 Å². The standard InChI is InChI=1S/C12H19N5S/c1-12(2,3)10-14-15-11-17(10)16-9(18-11)8-5-4-6-13-7-8/h8,13H,4-7H2,1-3H3. The Labute approximate surface area is 111 Å². The third-order valence-electron chi connectivity index (χ3n) is 3.32. The van der Waals surface area contributed by atoms with Crippen molar-refractivity contribution in [1.82, 2.24) is 25.1 Å². The maximum Gasteiger partial charge on any atom is 0.234 e. The van der Waals surface area contributed by atoms with E-state index in [1.807, 2.05) is 4.52 Å². The lowest BCUT2D eigenvalue weighted by atomic mass is 9.96. The highest BCUT2D eigenvalue weighted by Crippen LogP contribution is 2.29. The van der Waals surface area contributed by atoms with Gasteiger partial charge in [0, 0.05) is 17.9 Å². The minimum Gasteiger partial charge on any atom is -0.316 e. The molecule has 5 nitrogen and oxygen atoms in total. The van der Waals surface area contributed by atoms with Crippen molar-refractivity contribution in [2.45, 2.75) is 44.9 Å². The van der Waals surface area contributed by atoms with Crippen LogP contribution in [0.5, 0.6) is 0 Å². The third-order valence-corrected chi connectivity index (χ3v) is 4.38. The highest BCUT2D eigenvalue weighted by atomic mass is 32.1. The third kappa shape index (κ3) is 2.03. The number of rotatable bonds is 1. The van der Waals surface area contributed by atoms with E-state index >= 15 is 0 Å². The van der Waals surface area contributed by atoms with Crippen molar-refractivity contribution >= 4 is 16.3 Å². The highest BCUT2D eigenvalue weighted by Gasteiger charge is 2.25. The van der Waals surface area contributed by atoms with Gasteiger partial charge in [-0.05, 0) is 19.4 Å². The van der Waals surface area contributed by atoms with Crippen LogP contribution in [0.4, 0.5) is 0 Å². The summed E-state index contributed by atoms with van der Waals surface area (Å²) in [6.07, 6.45) is 2.46. The molecule has 2 aromatic rings. The number of nitrogens with one attached hydrogen (secondary N) is 1. The topological polar surface area (TPSA) is 55.1 Å². The first-order chi connectivity index (χ1) is 8.55. The smallest absolute Gasteiger partial charge is 0.234 e. The zero-order chi connectivity index (χ0) is 12.8. The van der Waals surface area contributed by atoms with Crippen LogP contribution in [0.25, 0.3) is 4.96 Å². The minimum absolute atomic E-state index is 0.0183. The van der Waals surface area contributed by atoms with Crippen molar-refractivity contribution in [2.75, 3.05) is 13.1 Å². The summed E-state index contributed by atoms with van der Waals surface area (Å²) in [4.78, 5) is 0.917. The predicted molar refractivity (Wildman–Crippen MR) is 72.2 cm³/mol. The molecule has 0 aromatic carbocycles. The van der Waals surface area contributed by atoms with E-state index < -0.39 is 0 Å². The van der Waals surface area contributed by atoms with Crippen molar-refractivity contribution in [3.05, 3.63) is 10.8 Å². The molecule has 0 radical (unpaired) electrons. The van der Waals surface area contributed by atoms with Crippen LogP contribution in [0.15, 0.2) is 0 Å². The SMILES string of the molecule is CC(C)(C)c1nnc2sc(C3CCCNC3)nn12. The van der Waals surface area contributed by atoms with Crippen LogP contribution in [0.3, 0.4) is 0 Å². The molecule has 18 heavy (non-hydrogen) atoms. The molecular formula is C12H19N5S. The number of hydrogen-bond acceptors (Lipinski definition) is 5. The molecule has 1 saturated heterocycles. The first kappa shape index (κ1) is 12.0. The molecule has 2 aromatic heterocycles. The molecule has 1 unspecified atom stereocenters. The number of hydrogen-bond donors (Lipinski definition) is 1. The van der Waals surface area contributed by atoms with Gasteiger partial charge in [0.15, 0.2) is 5.82 Å². The molecule has 1 fully saturated rings. The molecule has 3 heterocycles. The average Bonchev–Trinajstić information content (AvgIpc) is 2.87. The van der Waals surface area contributed by atoms with Gasteiger partial charge in [0.1, 0.15) is 5.01 Å². The average molecular weight is 265 g/mol. The Balaban J connectivity index is 1.98. The molecule has 98 valence electrons. The second kappa shape index (κ2) is 4.28. The van der Waals surface area contributed by atoms with E-state index in [0.29, 0.717) is 5.92 Å². The first-order valence-corrected chi connectivity index (χ1v) is 7.31. The van der Waals surface area contributed by atoms with E-state index in [1.54, 1.807) is 11.3 Å². The summed E-state index contributed by atoms with van der Waals surface area (Å²) in [6.45, 7) is 8.60. The maximum atomic E-state index is 4.73. The largest absolute Gasteiger partial charge is 0.316 e. The molecule has 0 bridgehead atoms. The zero-order valence-corrected chi connectivity index (χ0v) is 11.9. The van der Waals surface area contributed by atoms with E-state index in [-0.39, 0.29) is 5.41 Å². The van der Waals surface area contributed by atoms with Gasteiger partial charge in [0.2, 0.25) is 4.96 Å².